The monoisotopic (exact) mass is 286 g/mol. The van der Waals surface area contributed by atoms with E-state index in [1.54, 1.807) is 31.4 Å². The quantitative estimate of drug-likeness (QED) is 0.884. The number of aliphatic hydroxyl groups is 1. The minimum atomic E-state index is -1.29. The van der Waals surface area contributed by atoms with Gasteiger partial charge in [0.1, 0.15) is 23.2 Å². The van der Waals surface area contributed by atoms with Gasteiger partial charge in [0.15, 0.2) is 5.78 Å². The third-order valence-corrected chi connectivity index (χ3v) is 3.52. The van der Waals surface area contributed by atoms with E-state index in [1.165, 1.54) is 18.2 Å². The van der Waals surface area contributed by atoms with Gasteiger partial charge >= 0.3 is 0 Å². The molecule has 1 aliphatic heterocycles. The molecular weight excluding hydrogens is 272 g/mol. The molecule has 2 aromatic carbocycles. The lowest BCUT2D eigenvalue weighted by atomic mass is 9.87. The number of Topliss-reactive ketones (excluding diaryl/α,β-unsaturated/α-hetero) is 1. The Labute approximate surface area is 121 Å². The van der Waals surface area contributed by atoms with Crippen LogP contribution in [0.15, 0.2) is 42.5 Å². The second-order valence-corrected chi connectivity index (χ2v) is 4.80. The van der Waals surface area contributed by atoms with Crippen molar-refractivity contribution >= 4 is 5.78 Å². The summed E-state index contributed by atoms with van der Waals surface area (Å²) in [6, 6.07) is 11.1. The Bertz CT molecular complexity index is 678. The zero-order valence-electron chi connectivity index (χ0n) is 11.3. The number of fused-ring (bicyclic) bond motifs is 1. The summed E-state index contributed by atoms with van der Waals surface area (Å²) in [4.78, 5) is 12.5. The number of aliphatic hydroxyl groups excluding tert-OH is 1. The Morgan fingerprint density at radius 1 is 1.14 bits per heavy atom. The number of carbonyl (C=O) groups excluding carboxylic acids is 1. The number of benzene rings is 2. The molecule has 0 aromatic heterocycles. The molecule has 1 heterocycles. The second-order valence-electron chi connectivity index (χ2n) is 4.80. The molecule has 21 heavy (non-hydrogen) atoms. The first-order chi connectivity index (χ1) is 10.1. The van der Waals surface area contributed by atoms with Crippen LogP contribution in [0.2, 0.25) is 0 Å². The molecule has 0 spiro atoms. The molecule has 0 amide bonds. The van der Waals surface area contributed by atoms with E-state index in [4.69, 9.17) is 9.47 Å². The zero-order valence-corrected chi connectivity index (χ0v) is 11.3. The van der Waals surface area contributed by atoms with Gasteiger partial charge in [-0.15, -0.1) is 0 Å². The number of hydrogen-bond donors (Lipinski definition) is 2. The van der Waals surface area contributed by atoms with Crippen LogP contribution >= 0.6 is 0 Å². The van der Waals surface area contributed by atoms with Gasteiger partial charge in [0.25, 0.3) is 0 Å². The van der Waals surface area contributed by atoms with Crippen molar-refractivity contribution in [3.8, 4) is 17.2 Å². The summed E-state index contributed by atoms with van der Waals surface area (Å²) in [6.07, 6.45) is -1.29. The van der Waals surface area contributed by atoms with Crippen LogP contribution in [0.5, 0.6) is 17.2 Å². The highest BCUT2D eigenvalue weighted by atomic mass is 16.6. The van der Waals surface area contributed by atoms with E-state index in [1.807, 2.05) is 0 Å². The third kappa shape index (κ3) is 2.32. The maximum absolute atomic E-state index is 12.5. The van der Waals surface area contributed by atoms with Crippen molar-refractivity contribution in [1.82, 2.24) is 0 Å². The lowest BCUT2D eigenvalue weighted by molar-refractivity contribution is -0.0386. The summed E-state index contributed by atoms with van der Waals surface area (Å²) < 4.78 is 10.4. The second kappa shape index (κ2) is 5.10. The van der Waals surface area contributed by atoms with Crippen LogP contribution in [-0.2, 0) is 0 Å². The summed E-state index contributed by atoms with van der Waals surface area (Å²) in [5, 5.41) is 19.5. The number of hydrogen-bond acceptors (Lipinski definition) is 5. The van der Waals surface area contributed by atoms with E-state index in [2.05, 4.69) is 0 Å². The van der Waals surface area contributed by atoms with Gasteiger partial charge in [-0.2, -0.15) is 0 Å². The molecular formula is C16H14O5. The van der Waals surface area contributed by atoms with Crippen LogP contribution < -0.4 is 9.47 Å². The largest absolute Gasteiger partial charge is 0.508 e. The molecule has 3 rings (SSSR count). The molecule has 0 saturated carbocycles. The maximum atomic E-state index is 12.5. The average Bonchev–Trinajstić information content (AvgIpc) is 2.47. The molecule has 2 unspecified atom stereocenters. The number of ether oxygens (including phenoxy) is 2. The first-order valence-corrected chi connectivity index (χ1v) is 6.46. The summed E-state index contributed by atoms with van der Waals surface area (Å²) in [5.74, 6) is -0.196. The fraction of sp³-hybridized carbons (Fsp3) is 0.188. The fourth-order valence-electron chi connectivity index (χ4n) is 2.43. The molecule has 5 nitrogen and oxygen atoms in total. The van der Waals surface area contributed by atoms with Crippen LogP contribution in [0.4, 0.5) is 0 Å². The highest BCUT2D eigenvalue weighted by Crippen LogP contribution is 2.37. The van der Waals surface area contributed by atoms with E-state index in [-0.39, 0.29) is 17.3 Å². The molecule has 2 aromatic rings. The summed E-state index contributed by atoms with van der Waals surface area (Å²) >= 11 is 0. The van der Waals surface area contributed by atoms with Crippen LogP contribution in [0.25, 0.3) is 0 Å². The van der Waals surface area contributed by atoms with Gasteiger partial charge in [0, 0.05) is 6.07 Å². The van der Waals surface area contributed by atoms with Gasteiger partial charge in [-0.1, -0.05) is 12.1 Å². The first kappa shape index (κ1) is 13.5. The van der Waals surface area contributed by atoms with Crippen molar-refractivity contribution in [1.29, 1.82) is 0 Å². The molecule has 1 aliphatic rings. The molecule has 5 heteroatoms. The predicted octanol–water partition coefficient (Wildman–Crippen LogP) is 2.08. The predicted molar refractivity (Wildman–Crippen MR) is 74.8 cm³/mol. The third-order valence-electron chi connectivity index (χ3n) is 3.52. The van der Waals surface area contributed by atoms with Crippen molar-refractivity contribution in [3.05, 3.63) is 53.6 Å². The molecule has 0 radical (unpaired) electrons. The van der Waals surface area contributed by atoms with Crippen molar-refractivity contribution in [2.24, 2.45) is 0 Å². The first-order valence-electron chi connectivity index (χ1n) is 6.46. The number of aromatic hydroxyl groups is 1. The average molecular weight is 286 g/mol. The topological polar surface area (TPSA) is 76.0 Å². The Kier molecular flexibility index (Phi) is 3.27. The van der Waals surface area contributed by atoms with E-state index >= 15 is 0 Å². The number of ketones is 1. The number of phenols is 1. The lowest BCUT2D eigenvalue weighted by Crippen LogP contribution is -2.35. The Hall–Kier alpha value is -2.53. The summed E-state index contributed by atoms with van der Waals surface area (Å²) in [7, 11) is 1.56. The molecule has 108 valence electrons. The van der Waals surface area contributed by atoms with Gasteiger partial charge in [0.2, 0.25) is 6.29 Å². The van der Waals surface area contributed by atoms with Gasteiger partial charge in [-0.25, -0.2) is 0 Å². The molecule has 0 saturated heterocycles. The number of phenolic OH excluding ortho intramolecular Hbond substituents is 1. The van der Waals surface area contributed by atoms with Gasteiger partial charge in [-0.05, 0) is 29.8 Å². The Morgan fingerprint density at radius 2 is 1.86 bits per heavy atom. The maximum Gasteiger partial charge on any atom is 0.211 e. The van der Waals surface area contributed by atoms with Crippen LogP contribution in [0.1, 0.15) is 21.8 Å². The molecule has 0 aliphatic carbocycles. The molecule has 2 N–H and O–H groups in total. The zero-order chi connectivity index (χ0) is 15.0. The van der Waals surface area contributed by atoms with Crippen molar-refractivity contribution in [3.63, 3.8) is 0 Å². The fourth-order valence-corrected chi connectivity index (χ4v) is 2.43. The minimum absolute atomic E-state index is 0.0170. The van der Waals surface area contributed by atoms with Crippen LogP contribution in [0, 0.1) is 0 Å². The van der Waals surface area contributed by atoms with Gasteiger partial charge in [0.05, 0.1) is 12.7 Å². The number of carbonyl (C=O) groups is 1. The molecule has 0 bridgehead atoms. The van der Waals surface area contributed by atoms with Gasteiger partial charge < -0.3 is 19.7 Å². The summed E-state index contributed by atoms with van der Waals surface area (Å²) in [6.45, 7) is 0. The number of rotatable bonds is 2. The van der Waals surface area contributed by atoms with E-state index in [0.717, 1.165) is 0 Å². The number of methoxy groups -OCH3 is 1. The van der Waals surface area contributed by atoms with Crippen molar-refractivity contribution < 1.29 is 24.5 Å². The Morgan fingerprint density at radius 3 is 2.52 bits per heavy atom. The lowest BCUT2D eigenvalue weighted by Gasteiger charge is -2.29. The van der Waals surface area contributed by atoms with Crippen LogP contribution in [0.3, 0.4) is 0 Å². The van der Waals surface area contributed by atoms with Crippen LogP contribution in [-0.4, -0.2) is 29.4 Å². The normalized spacial score (nSPS) is 20.6. The highest BCUT2D eigenvalue weighted by Gasteiger charge is 2.37. The van der Waals surface area contributed by atoms with Gasteiger partial charge in [-0.3, -0.25) is 4.79 Å². The summed E-state index contributed by atoms with van der Waals surface area (Å²) in [5.41, 5.74) is 0.992. The SMILES string of the molecule is COc1ccc(C2C(=O)c3ccc(O)cc3OC2O)cc1. The Balaban J connectivity index is 1.99. The van der Waals surface area contributed by atoms with E-state index in [9.17, 15) is 15.0 Å². The minimum Gasteiger partial charge on any atom is -0.508 e. The highest BCUT2D eigenvalue weighted by molar-refractivity contribution is 6.04. The van der Waals surface area contributed by atoms with E-state index < -0.39 is 12.2 Å². The van der Waals surface area contributed by atoms with E-state index in [0.29, 0.717) is 16.9 Å². The van der Waals surface area contributed by atoms with Crippen molar-refractivity contribution in [2.75, 3.05) is 7.11 Å². The molecule has 0 fully saturated rings. The standard InChI is InChI=1S/C16H14O5/c1-20-11-5-2-9(3-6-11)14-15(18)12-7-4-10(17)8-13(12)21-16(14)19/h2-8,14,16-17,19H,1H3. The smallest absolute Gasteiger partial charge is 0.211 e. The molecule has 2 atom stereocenters. The van der Waals surface area contributed by atoms with Crippen molar-refractivity contribution in [2.45, 2.75) is 12.2 Å².